The molecular weight excluding hydrogens is 280 g/mol. The third-order valence-electron chi connectivity index (χ3n) is 3.19. The number of hydrogen-bond acceptors (Lipinski definition) is 4. The molecule has 1 aromatic rings. The maximum Gasteiger partial charge on any atom is 0.328 e. The summed E-state index contributed by atoms with van der Waals surface area (Å²) < 4.78 is 4.97. The molecule has 0 heterocycles. The van der Waals surface area contributed by atoms with Gasteiger partial charge in [0.25, 0.3) is 0 Å². The van der Waals surface area contributed by atoms with Crippen molar-refractivity contribution >= 4 is 23.3 Å². The van der Waals surface area contributed by atoms with E-state index in [-0.39, 0.29) is 11.9 Å². The highest BCUT2D eigenvalue weighted by molar-refractivity contribution is 5.95. The molecule has 0 saturated heterocycles. The van der Waals surface area contributed by atoms with Gasteiger partial charge in [-0.25, -0.2) is 4.79 Å². The number of carbonyl (C=O) groups is 2. The van der Waals surface area contributed by atoms with E-state index in [0.717, 1.165) is 16.9 Å². The zero-order valence-corrected chi connectivity index (χ0v) is 14.2. The molecule has 0 aliphatic rings. The van der Waals surface area contributed by atoms with Gasteiger partial charge in [0.05, 0.1) is 6.61 Å². The summed E-state index contributed by atoms with van der Waals surface area (Å²) in [5, 5.41) is 6.00. The van der Waals surface area contributed by atoms with Crippen molar-refractivity contribution < 1.29 is 14.3 Å². The summed E-state index contributed by atoms with van der Waals surface area (Å²) in [4.78, 5) is 23.8. The van der Waals surface area contributed by atoms with E-state index in [2.05, 4.69) is 10.6 Å². The second-order valence-corrected chi connectivity index (χ2v) is 6.35. The van der Waals surface area contributed by atoms with E-state index < -0.39 is 11.5 Å². The van der Waals surface area contributed by atoms with Crippen molar-refractivity contribution in [2.45, 2.75) is 47.6 Å². The third-order valence-corrected chi connectivity index (χ3v) is 3.19. The summed E-state index contributed by atoms with van der Waals surface area (Å²) in [6, 6.07) is 5.15. The first kappa shape index (κ1) is 18.0. The summed E-state index contributed by atoms with van der Waals surface area (Å²) in [7, 11) is 0. The largest absolute Gasteiger partial charge is 0.464 e. The van der Waals surface area contributed by atoms with Crippen LogP contribution in [-0.4, -0.2) is 24.5 Å². The van der Waals surface area contributed by atoms with Crippen molar-refractivity contribution in [1.29, 1.82) is 0 Å². The predicted molar refractivity (Wildman–Crippen MR) is 89.0 cm³/mol. The second-order valence-electron chi connectivity index (χ2n) is 6.35. The van der Waals surface area contributed by atoms with Crippen LogP contribution in [0.2, 0.25) is 0 Å². The van der Waals surface area contributed by atoms with Gasteiger partial charge in [-0.3, -0.25) is 4.79 Å². The zero-order valence-electron chi connectivity index (χ0n) is 14.2. The molecule has 22 heavy (non-hydrogen) atoms. The fourth-order valence-corrected chi connectivity index (χ4v) is 1.73. The van der Waals surface area contributed by atoms with Gasteiger partial charge < -0.3 is 15.4 Å². The number of anilines is 2. The number of carbonyl (C=O) groups excluding carboxylic acids is 2. The van der Waals surface area contributed by atoms with Crippen LogP contribution in [0.25, 0.3) is 0 Å². The highest BCUT2D eigenvalue weighted by Crippen LogP contribution is 2.24. The first-order chi connectivity index (χ1) is 10.1. The van der Waals surface area contributed by atoms with E-state index in [1.54, 1.807) is 13.8 Å². The Morgan fingerprint density at radius 1 is 1.27 bits per heavy atom. The minimum absolute atomic E-state index is 0.0498. The molecule has 2 N–H and O–H groups in total. The molecule has 122 valence electrons. The minimum Gasteiger partial charge on any atom is -0.464 e. The molecule has 0 fully saturated rings. The Morgan fingerprint density at radius 2 is 1.91 bits per heavy atom. The summed E-state index contributed by atoms with van der Waals surface area (Å²) in [5.41, 5.74) is 2.00. The van der Waals surface area contributed by atoms with Gasteiger partial charge in [-0.05, 0) is 38.5 Å². The molecule has 1 rings (SSSR count). The van der Waals surface area contributed by atoms with E-state index >= 15 is 0 Å². The lowest BCUT2D eigenvalue weighted by molar-refractivity contribution is -0.143. The Kier molecular flexibility index (Phi) is 5.97. The van der Waals surface area contributed by atoms with Crippen LogP contribution in [0.4, 0.5) is 11.4 Å². The molecular formula is C17H26N2O3. The molecule has 5 nitrogen and oxygen atoms in total. The summed E-state index contributed by atoms with van der Waals surface area (Å²) in [6.07, 6.45) is 0. The first-order valence-electron chi connectivity index (χ1n) is 7.50. The van der Waals surface area contributed by atoms with Crippen LogP contribution in [0.3, 0.4) is 0 Å². The van der Waals surface area contributed by atoms with Crippen LogP contribution in [0, 0.1) is 12.3 Å². The summed E-state index contributed by atoms with van der Waals surface area (Å²) >= 11 is 0. The second kappa shape index (κ2) is 7.29. The normalized spacial score (nSPS) is 12.5. The Bertz CT molecular complexity index is 547. The number of nitrogens with one attached hydrogen (secondary N) is 2. The van der Waals surface area contributed by atoms with Crippen LogP contribution < -0.4 is 10.6 Å². The molecule has 0 unspecified atom stereocenters. The maximum atomic E-state index is 12.1. The quantitative estimate of drug-likeness (QED) is 0.819. The smallest absolute Gasteiger partial charge is 0.328 e. The van der Waals surface area contributed by atoms with Crippen molar-refractivity contribution in [1.82, 2.24) is 0 Å². The molecule has 0 radical (unpaired) electrons. The van der Waals surface area contributed by atoms with Crippen LogP contribution in [0.15, 0.2) is 18.2 Å². The molecule has 0 aliphatic carbocycles. The molecule has 0 aliphatic heterocycles. The number of hydrogen-bond donors (Lipinski definition) is 2. The van der Waals surface area contributed by atoms with Crippen LogP contribution in [0.5, 0.6) is 0 Å². The van der Waals surface area contributed by atoms with Crippen LogP contribution in [0.1, 0.15) is 40.2 Å². The molecule has 1 aromatic carbocycles. The SMILES string of the molecule is CCOC(=O)[C@@H](C)Nc1ccc(C)c(NC(=O)C(C)(C)C)c1. The van der Waals surface area contributed by atoms with E-state index in [0.29, 0.717) is 6.61 Å². The lowest BCUT2D eigenvalue weighted by Gasteiger charge is -2.20. The number of amides is 1. The average Bonchev–Trinajstić information content (AvgIpc) is 2.41. The molecule has 1 atom stereocenters. The molecule has 5 heteroatoms. The van der Waals surface area contributed by atoms with Crippen molar-refractivity contribution in [2.75, 3.05) is 17.2 Å². The highest BCUT2D eigenvalue weighted by atomic mass is 16.5. The van der Waals surface area contributed by atoms with E-state index in [1.807, 2.05) is 45.9 Å². The van der Waals surface area contributed by atoms with Crippen molar-refractivity contribution in [3.63, 3.8) is 0 Å². The van der Waals surface area contributed by atoms with Crippen LogP contribution >= 0.6 is 0 Å². The van der Waals surface area contributed by atoms with Crippen molar-refractivity contribution in [3.8, 4) is 0 Å². The van der Waals surface area contributed by atoms with Gasteiger partial charge in [0, 0.05) is 16.8 Å². The van der Waals surface area contributed by atoms with Gasteiger partial charge in [-0.1, -0.05) is 26.8 Å². The Hall–Kier alpha value is -2.04. The standard InChI is InChI=1S/C17H26N2O3/c1-7-22-15(20)12(3)18-13-9-8-11(2)14(10-13)19-16(21)17(4,5)6/h8-10,12,18H,7H2,1-6H3,(H,19,21)/t12-/m1/s1. The van der Waals surface area contributed by atoms with Gasteiger partial charge in [0.2, 0.25) is 5.91 Å². The van der Waals surface area contributed by atoms with Gasteiger partial charge >= 0.3 is 5.97 Å². The van der Waals surface area contributed by atoms with Gasteiger partial charge in [-0.15, -0.1) is 0 Å². The monoisotopic (exact) mass is 306 g/mol. The van der Waals surface area contributed by atoms with Gasteiger partial charge in [0.15, 0.2) is 0 Å². The topological polar surface area (TPSA) is 67.4 Å². The average molecular weight is 306 g/mol. The molecule has 0 bridgehead atoms. The Morgan fingerprint density at radius 3 is 2.45 bits per heavy atom. The zero-order chi connectivity index (χ0) is 16.9. The molecule has 0 saturated carbocycles. The first-order valence-corrected chi connectivity index (χ1v) is 7.50. The maximum absolute atomic E-state index is 12.1. The molecule has 0 spiro atoms. The van der Waals surface area contributed by atoms with E-state index in [4.69, 9.17) is 4.74 Å². The fraction of sp³-hybridized carbons (Fsp3) is 0.529. The van der Waals surface area contributed by atoms with E-state index in [9.17, 15) is 9.59 Å². The van der Waals surface area contributed by atoms with Gasteiger partial charge in [-0.2, -0.15) is 0 Å². The fourth-order valence-electron chi connectivity index (χ4n) is 1.73. The third kappa shape index (κ3) is 5.06. The summed E-state index contributed by atoms with van der Waals surface area (Å²) in [5.74, 6) is -0.352. The van der Waals surface area contributed by atoms with E-state index in [1.165, 1.54) is 0 Å². The number of esters is 1. The van der Waals surface area contributed by atoms with Crippen molar-refractivity contribution in [3.05, 3.63) is 23.8 Å². The number of rotatable bonds is 5. The Balaban J connectivity index is 2.86. The predicted octanol–water partition coefficient (Wildman–Crippen LogP) is 3.34. The molecule has 0 aromatic heterocycles. The number of ether oxygens (including phenoxy) is 1. The highest BCUT2D eigenvalue weighted by Gasteiger charge is 2.22. The van der Waals surface area contributed by atoms with Gasteiger partial charge in [0.1, 0.15) is 6.04 Å². The lowest BCUT2D eigenvalue weighted by atomic mass is 9.95. The van der Waals surface area contributed by atoms with Crippen molar-refractivity contribution in [2.24, 2.45) is 5.41 Å². The number of benzene rings is 1. The number of aryl methyl sites for hydroxylation is 1. The molecule has 1 amide bonds. The minimum atomic E-state index is -0.464. The summed E-state index contributed by atoms with van der Waals surface area (Å²) in [6.45, 7) is 11.4. The Labute approximate surface area is 132 Å². The lowest BCUT2D eigenvalue weighted by Crippen LogP contribution is -2.29. The van der Waals surface area contributed by atoms with Crippen LogP contribution in [-0.2, 0) is 14.3 Å².